The van der Waals surface area contributed by atoms with Gasteiger partial charge in [0.15, 0.2) is 0 Å². The van der Waals surface area contributed by atoms with Crippen LogP contribution in [0.4, 0.5) is 0 Å². The maximum atomic E-state index is 13.4. The number of nitrogens with zero attached hydrogens (tertiary/aromatic N) is 3. The molecule has 2 amide bonds. The second-order valence-corrected chi connectivity index (χ2v) is 7.65. The Bertz CT molecular complexity index is 893. The van der Waals surface area contributed by atoms with Gasteiger partial charge in [-0.15, -0.1) is 0 Å². The van der Waals surface area contributed by atoms with Crippen molar-refractivity contribution in [3.05, 3.63) is 59.9 Å². The molecule has 7 nitrogen and oxygen atoms in total. The Balaban J connectivity index is 1.74. The second-order valence-electron chi connectivity index (χ2n) is 7.65. The van der Waals surface area contributed by atoms with Crippen molar-refractivity contribution in [2.24, 2.45) is 0 Å². The highest BCUT2D eigenvalue weighted by Crippen LogP contribution is 2.32. The third-order valence-electron chi connectivity index (χ3n) is 5.49. The molecule has 2 aromatic rings. The van der Waals surface area contributed by atoms with Crippen molar-refractivity contribution in [2.45, 2.75) is 45.7 Å². The summed E-state index contributed by atoms with van der Waals surface area (Å²) in [7, 11) is 0. The van der Waals surface area contributed by atoms with Crippen LogP contribution in [0.1, 0.15) is 50.4 Å². The summed E-state index contributed by atoms with van der Waals surface area (Å²) in [5.41, 5.74) is 2.12. The highest BCUT2D eigenvalue weighted by molar-refractivity contribution is 5.87. The van der Waals surface area contributed by atoms with E-state index in [0.717, 1.165) is 24.2 Å². The largest absolute Gasteiger partial charge is 0.466 e. The fourth-order valence-electron chi connectivity index (χ4n) is 4.05. The zero-order chi connectivity index (χ0) is 22.2. The number of carbonyl (C=O) groups excluding carboxylic acids is 3. The van der Waals surface area contributed by atoms with Gasteiger partial charge in [-0.05, 0) is 31.0 Å². The Morgan fingerprint density at radius 2 is 1.81 bits per heavy atom. The first-order valence-electron chi connectivity index (χ1n) is 11.0. The van der Waals surface area contributed by atoms with Crippen molar-refractivity contribution in [3.8, 4) is 0 Å². The van der Waals surface area contributed by atoms with E-state index in [1.54, 1.807) is 11.8 Å². The van der Waals surface area contributed by atoms with Crippen molar-refractivity contribution in [3.63, 3.8) is 0 Å². The summed E-state index contributed by atoms with van der Waals surface area (Å²) >= 11 is 0. The number of benzene rings is 1. The zero-order valence-electron chi connectivity index (χ0n) is 18.3. The smallest absolute Gasteiger partial charge is 0.306 e. The highest BCUT2D eigenvalue weighted by Gasteiger charge is 2.33. The molecular weight excluding hydrogens is 394 g/mol. The molecule has 2 heterocycles. The number of hydrogen-bond donors (Lipinski definition) is 0. The summed E-state index contributed by atoms with van der Waals surface area (Å²) in [6.07, 6.45) is 2.86. The van der Waals surface area contributed by atoms with Gasteiger partial charge in [0, 0.05) is 37.9 Å². The number of carbonyl (C=O) groups is 3. The average Bonchev–Trinajstić information content (AvgIpc) is 3.26. The molecular formula is C24H31N3O4. The lowest BCUT2D eigenvalue weighted by Crippen LogP contribution is -2.48. The minimum absolute atomic E-state index is 0.0134. The van der Waals surface area contributed by atoms with Crippen LogP contribution in [-0.2, 0) is 25.7 Å². The van der Waals surface area contributed by atoms with Crippen LogP contribution in [0.3, 0.4) is 0 Å². The van der Waals surface area contributed by atoms with Crippen molar-refractivity contribution < 1.29 is 19.1 Å². The Morgan fingerprint density at radius 3 is 2.52 bits per heavy atom. The fraction of sp³-hybridized carbons (Fsp3) is 0.458. The quantitative estimate of drug-likeness (QED) is 0.579. The Labute approximate surface area is 183 Å². The molecule has 0 fully saturated rings. The third kappa shape index (κ3) is 5.54. The number of aromatic nitrogens is 1. The van der Waals surface area contributed by atoms with E-state index in [-0.39, 0.29) is 43.2 Å². The lowest BCUT2D eigenvalue weighted by atomic mass is 10.00. The molecule has 1 aliphatic rings. The van der Waals surface area contributed by atoms with Crippen LogP contribution < -0.4 is 0 Å². The summed E-state index contributed by atoms with van der Waals surface area (Å²) in [4.78, 5) is 41.1. The third-order valence-corrected chi connectivity index (χ3v) is 5.49. The molecule has 0 saturated carbocycles. The van der Waals surface area contributed by atoms with E-state index in [4.69, 9.17) is 4.74 Å². The number of amides is 2. The van der Waals surface area contributed by atoms with Crippen LogP contribution in [0.5, 0.6) is 0 Å². The molecule has 0 spiro atoms. The number of esters is 1. The van der Waals surface area contributed by atoms with Gasteiger partial charge in [-0.2, -0.15) is 0 Å². The lowest BCUT2D eigenvalue weighted by Gasteiger charge is -2.38. The van der Waals surface area contributed by atoms with E-state index in [9.17, 15) is 14.4 Å². The van der Waals surface area contributed by atoms with Crippen LogP contribution in [0.2, 0.25) is 0 Å². The Kier molecular flexibility index (Phi) is 7.87. The van der Waals surface area contributed by atoms with Crippen molar-refractivity contribution >= 4 is 17.8 Å². The Hall–Kier alpha value is -3.09. The summed E-state index contributed by atoms with van der Waals surface area (Å²) in [5.74, 6) is -0.668. The molecule has 3 rings (SSSR count). The van der Waals surface area contributed by atoms with E-state index in [2.05, 4.69) is 4.57 Å². The van der Waals surface area contributed by atoms with E-state index >= 15 is 0 Å². The van der Waals surface area contributed by atoms with Gasteiger partial charge in [0.2, 0.25) is 11.8 Å². The van der Waals surface area contributed by atoms with E-state index in [1.807, 2.05) is 60.5 Å². The molecule has 0 bridgehead atoms. The lowest BCUT2D eigenvalue weighted by molar-refractivity contribution is -0.146. The van der Waals surface area contributed by atoms with Crippen LogP contribution >= 0.6 is 0 Å². The Morgan fingerprint density at radius 1 is 1.03 bits per heavy atom. The van der Waals surface area contributed by atoms with Crippen molar-refractivity contribution in [1.29, 1.82) is 0 Å². The van der Waals surface area contributed by atoms with Gasteiger partial charge in [0.1, 0.15) is 0 Å². The first kappa shape index (κ1) is 22.6. The van der Waals surface area contributed by atoms with Gasteiger partial charge >= 0.3 is 5.97 Å². The standard InChI is InChI=1S/C24H31N3O4/c1-3-14-26(21(28)12-13-23(30)31-4-2)18-22(29)27-17-16-25-15-8-11-20(25)24(27)19-9-6-5-7-10-19/h5-11,15,24H,3-4,12-14,16-18H2,1-2H3. The molecule has 7 heteroatoms. The van der Waals surface area contributed by atoms with Gasteiger partial charge in [-0.25, -0.2) is 0 Å². The van der Waals surface area contributed by atoms with Crippen LogP contribution in [0.25, 0.3) is 0 Å². The first-order valence-corrected chi connectivity index (χ1v) is 11.0. The number of ether oxygens (including phenoxy) is 1. The predicted molar refractivity (Wildman–Crippen MR) is 117 cm³/mol. The molecule has 1 aliphatic heterocycles. The van der Waals surface area contributed by atoms with Gasteiger partial charge < -0.3 is 19.1 Å². The molecule has 1 aromatic carbocycles. The van der Waals surface area contributed by atoms with Crippen molar-refractivity contribution in [1.82, 2.24) is 14.4 Å². The van der Waals surface area contributed by atoms with Crippen LogP contribution in [0, 0.1) is 0 Å². The van der Waals surface area contributed by atoms with E-state index in [1.165, 1.54) is 0 Å². The average molecular weight is 426 g/mol. The topological polar surface area (TPSA) is 71.9 Å². The minimum atomic E-state index is -0.389. The summed E-state index contributed by atoms with van der Waals surface area (Å²) in [6, 6.07) is 13.8. The second kappa shape index (κ2) is 10.8. The molecule has 31 heavy (non-hydrogen) atoms. The predicted octanol–water partition coefficient (Wildman–Crippen LogP) is 3.00. The van der Waals surface area contributed by atoms with E-state index in [0.29, 0.717) is 19.7 Å². The highest BCUT2D eigenvalue weighted by atomic mass is 16.5. The molecule has 0 aliphatic carbocycles. The van der Waals surface area contributed by atoms with Gasteiger partial charge in [0.25, 0.3) is 0 Å². The summed E-state index contributed by atoms with van der Waals surface area (Å²) in [6.45, 7) is 5.80. The molecule has 0 radical (unpaired) electrons. The van der Waals surface area contributed by atoms with Gasteiger partial charge in [0.05, 0.1) is 25.6 Å². The number of hydrogen-bond acceptors (Lipinski definition) is 4. The fourth-order valence-corrected chi connectivity index (χ4v) is 4.05. The maximum Gasteiger partial charge on any atom is 0.306 e. The van der Waals surface area contributed by atoms with Gasteiger partial charge in [-0.1, -0.05) is 37.3 Å². The number of rotatable bonds is 9. The molecule has 0 N–H and O–H groups in total. The summed E-state index contributed by atoms with van der Waals surface area (Å²) < 4.78 is 7.09. The molecule has 0 saturated heterocycles. The zero-order valence-corrected chi connectivity index (χ0v) is 18.3. The number of fused-ring (bicyclic) bond motifs is 1. The molecule has 1 unspecified atom stereocenters. The monoisotopic (exact) mass is 425 g/mol. The molecule has 1 aromatic heterocycles. The normalized spacial score (nSPS) is 15.3. The first-order chi connectivity index (χ1) is 15.0. The summed E-state index contributed by atoms with van der Waals surface area (Å²) in [5, 5.41) is 0. The molecule has 1 atom stereocenters. The maximum absolute atomic E-state index is 13.4. The van der Waals surface area contributed by atoms with Crippen LogP contribution in [0.15, 0.2) is 48.7 Å². The van der Waals surface area contributed by atoms with Crippen LogP contribution in [-0.4, -0.2) is 58.4 Å². The van der Waals surface area contributed by atoms with E-state index < -0.39 is 0 Å². The SMILES string of the molecule is CCCN(CC(=O)N1CCn2cccc2C1c1ccccc1)C(=O)CCC(=O)OCC. The minimum Gasteiger partial charge on any atom is -0.466 e. The molecule has 166 valence electrons. The van der Waals surface area contributed by atoms with Crippen molar-refractivity contribution in [2.75, 3.05) is 26.2 Å². The van der Waals surface area contributed by atoms with Gasteiger partial charge in [-0.3, -0.25) is 14.4 Å².